The number of rotatable bonds is 3. The van der Waals surface area contributed by atoms with Gasteiger partial charge in [-0.2, -0.15) is 0 Å². The number of hydrogen-bond donors (Lipinski definition) is 2. The van der Waals surface area contributed by atoms with Gasteiger partial charge in [0, 0.05) is 18.6 Å². The van der Waals surface area contributed by atoms with Crippen molar-refractivity contribution in [3.05, 3.63) is 11.1 Å². The maximum Gasteiger partial charge on any atom is 0.332 e. The van der Waals surface area contributed by atoms with Gasteiger partial charge < -0.3 is 10.2 Å². The molecule has 0 saturated heterocycles. The third-order valence-corrected chi connectivity index (χ3v) is 1.05. The van der Waals surface area contributed by atoms with E-state index in [9.17, 15) is 4.79 Å². The predicted molar refractivity (Wildman–Crippen MR) is 33.3 cm³/mol. The molecule has 0 saturated carbocycles. The van der Waals surface area contributed by atoms with Crippen molar-refractivity contribution in [1.82, 2.24) is 0 Å². The first kappa shape index (κ1) is 8.46. The highest BCUT2D eigenvalue weighted by Gasteiger charge is 2.03. The zero-order chi connectivity index (χ0) is 7.28. The highest BCUT2D eigenvalue weighted by Crippen LogP contribution is 2.01. The number of aliphatic carboxylic acids is 1. The van der Waals surface area contributed by atoms with Crippen LogP contribution in [-0.2, 0) is 4.79 Å². The summed E-state index contributed by atoms with van der Waals surface area (Å²) in [6.45, 7) is -0.190. The van der Waals surface area contributed by atoms with E-state index in [1.54, 1.807) is 0 Å². The number of carbonyl (C=O) groups is 1. The van der Waals surface area contributed by atoms with Crippen LogP contribution in [0.25, 0.3) is 0 Å². The molecule has 0 heterocycles. The quantitative estimate of drug-likeness (QED) is 0.579. The van der Waals surface area contributed by atoms with Crippen molar-refractivity contribution in [3.63, 3.8) is 0 Å². The second kappa shape index (κ2) is 4.35. The summed E-state index contributed by atoms with van der Waals surface area (Å²) < 4.78 is 0. The first-order chi connectivity index (χ1) is 4.22. The lowest BCUT2D eigenvalue weighted by molar-refractivity contribution is -0.132. The van der Waals surface area contributed by atoms with Crippen LogP contribution >= 0.6 is 11.6 Å². The van der Waals surface area contributed by atoms with E-state index in [0.29, 0.717) is 0 Å². The number of carboxylic acid groups (broad SMARTS) is 1. The lowest BCUT2D eigenvalue weighted by atomic mass is 10.2. The summed E-state index contributed by atoms with van der Waals surface area (Å²) in [6.07, 6.45) is 0.0961. The Morgan fingerprint density at radius 1 is 1.67 bits per heavy atom. The zero-order valence-electron chi connectivity index (χ0n) is 4.67. The summed E-state index contributed by atoms with van der Waals surface area (Å²) >= 11 is 5.09. The predicted octanol–water partition coefficient (Wildman–Crippen LogP) is 0.576. The van der Waals surface area contributed by atoms with Crippen LogP contribution in [0.15, 0.2) is 11.1 Å². The molecule has 0 unspecified atom stereocenters. The maximum atomic E-state index is 10.1. The van der Waals surface area contributed by atoms with Crippen LogP contribution in [0, 0.1) is 0 Å². The van der Waals surface area contributed by atoms with Crippen LogP contribution in [0.2, 0.25) is 0 Å². The number of aliphatic hydroxyl groups excluding tert-OH is 1. The first-order valence-corrected chi connectivity index (χ1v) is 2.79. The van der Waals surface area contributed by atoms with E-state index in [2.05, 4.69) is 0 Å². The molecule has 0 fully saturated rings. The molecule has 9 heavy (non-hydrogen) atoms. The molecule has 0 rings (SSSR count). The molecule has 0 aliphatic rings. The van der Waals surface area contributed by atoms with Crippen LogP contribution in [0.4, 0.5) is 0 Å². The van der Waals surface area contributed by atoms with E-state index >= 15 is 0 Å². The fourth-order valence-corrected chi connectivity index (χ4v) is 0.531. The standard InChI is InChI=1S/C5H7ClO3/c6-3-4(1-2-7)5(8)9/h3,7H,1-2H2,(H,8,9)/b4-3-. The Morgan fingerprint density at radius 2 is 2.22 bits per heavy atom. The van der Waals surface area contributed by atoms with Gasteiger partial charge in [-0.3, -0.25) is 0 Å². The van der Waals surface area contributed by atoms with Crippen molar-refractivity contribution >= 4 is 17.6 Å². The van der Waals surface area contributed by atoms with Crippen molar-refractivity contribution in [3.8, 4) is 0 Å². The third-order valence-electron chi connectivity index (χ3n) is 0.788. The van der Waals surface area contributed by atoms with Gasteiger partial charge in [-0.05, 0) is 0 Å². The minimum atomic E-state index is -1.08. The van der Waals surface area contributed by atoms with Gasteiger partial charge >= 0.3 is 5.97 Å². The SMILES string of the molecule is O=C(O)/C(=C\Cl)CCO. The molecule has 0 bridgehead atoms. The molecule has 0 amide bonds. The minimum absolute atomic E-state index is 0.0270. The molecule has 0 aliphatic carbocycles. The Hall–Kier alpha value is -0.540. The van der Waals surface area contributed by atoms with E-state index < -0.39 is 5.97 Å². The number of halogens is 1. The first-order valence-electron chi connectivity index (χ1n) is 2.35. The van der Waals surface area contributed by atoms with Crippen LogP contribution in [-0.4, -0.2) is 22.8 Å². The molecular weight excluding hydrogens is 144 g/mol. The lowest BCUT2D eigenvalue weighted by Gasteiger charge is -1.93. The largest absolute Gasteiger partial charge is 0.478 e. The molecule has 0 radical (unpaired) electrons. The average Bonchev–Trinajstić information content (AvgIpc) is 1.82. The van der Waals surface area contributed by atoms with E-state index in [1.807, 2.05) is 0 Å². The van der Waals surface area contributed by atoms with E-state index in [1.165, 1.54) is 0 Å². The van der Waals surface area contributed by atoms with Gasteiger partial charge in [0.15, 0.2) is 0 Å². The Labute approximate surface area is 57.6 Å². The van der Waals surface area contributed by atoms with Gasteiger partial charge in [0.2, 0.25) is 0 Å². The molecule has 0 aromatic heterocycles. The summed E-state index contributed by atoms with van der Waals surface area (Å²) in [7, 11) is 0. The van der Waals surface area contributed by atoms with Crippen molar-refractivity contribution < 1.29 is 15.0 Å². The Balaban J connectivity index is 3.85. The molecule has 4 heteroatoms. The van der Waals surface area contributed by atoms with E-state index in [0.717, 1.165) is 5.54 Å². The van der Waals surface area contributed by atoms with Gasteiger partial charge in [-0.15, -0.1) is 0 Å². The maximum absolute atomic E-state index is 10.1. The van der Waals surface area contributed by atoms with Crippen LogP contribution in [0.1, 0.15) is 6.42 Å². The molecule has 0 atom stereocenters. The Morgan fingerprint density at radius 3 is 2.33 bits per heavy atom. The van der Waals surface area contributed by atoms with Crippen molar-refractivity contribution in [2.75, 3.05) is 6.61 Å². The highest BCUT2D eigenvalue weighted by molar-refractivity contribution is 6.27. The summed E-state index contributed by atoms with van der Waals surface area (Å²) in [4.78, 5) is 10.1. The summed E-state index contributed by atoms with van der Waals surface area (Å²) in [5.74, 6) is -1.08. The molecule has 3 nitrogen and oxygen atoms in total. The van der Waals surface area contributed by atoms with Crippen LogP contribution in [0.5, 0.6) is 0 Å². The molecule has 0 aromatic carbocycles. The number of carboxylic acids is 1. The van der Waals surface area contributed by atoms with E-state index in [-0.39, 0.29) is 18.6 Å². The normalized spacial score (nSPS) is 11.6. The molecule has 52 valence electrons. The van der Waals surface area contributed by atoms with Gasteiger partial charge in [0.25, 0.3) is 0 Å². The highest BCUT2D eigenvalue weighted by atomic mass is 35.5. The van der Waals surface area contributed by atoms with Gasteiger partial charge in [-0.25, -0.2) is 4.79 Å². The van der Waals surface area contributed by atoms with Gasteiger partial charge in [-0.1, -0.05) is 11.6 Å². The summed E-state index contributed by atoms with van der Waals surface area (Å²) in [5.41, 5.74) is 0.984. The fraction of sp³-hybridized carbons (Fsp3) is 0.400. The topological polar surface area (TPSA) is 57.5 Å². The molecule has 0 spiro atoms. The van der Waals surface area contributed by atoms with Crippen molar-refractivity contribution in [2.45, 2.75) is 6.42 Å². The molecular formula is C5H7ClO3. The second-order valence-corrected chi connectivity index (χ2v) is 1.63. The Kier molecular flexibility index (Phi) is 4.09. The zero-order valence-corrected chi connectivity index (χ0v) is 5.43. The summed E-state index contributed by atoms with van der Waals surface area (Å²) in [6, 6.07) is 0. The van der Waals surface area contributed by atoms with Crippen molar-refractivity contribution in [2.24, 2.45) is 0 Å². The minimum Gasteiger partial charge on any atom is -0.478 e. The van der Waals surface area contributed by atoms with Crippen LogP contribution < -0.4 is 0 Å². The second-order valence-electron chi connectivity index (χ2n) is 1.41. The summed E-state index contributed by atoms with van der Waals surface area (Å²) in [5, 5.41) is 16.5. The molecule has 0 aliphatic heterocycles. The lowest BCUT2D eigenvalue weighted by Crippen LogP contribution is -2.01. The van der Waals surface area contributed by atoms with E-state index in [4.69, 9.17) is 21.8 Å². The third kappa shape index (κ3) is 3.11. The monoisotopic (exact) mass is 150 g/mol. The van der Waals surface area contributed by atoms with Crippen LogP contribution in [0.3, 0.4) is 0 Å². The Bertz CT molecular complexity index is 130. The number of aliphatic hydroxyl groups is 1. The number of hydrogen-bond acceptors (Lipinski definition) is 2. The molecule has 0 aromatic rings. The smallest absolute Gasteiger partial charge is 0.332 e. The van der Waals surface area contributed by atoms with Crippen molar-refractivity contribution in [1.29, 1.82) is 0 Å². The average molecular weight is 151 g/mol. The fourth-order valence-electron chi connectivity index (χ4n) is 0.329. The van der Waals surface area contributed by atoms with Gasteiger partial charge in [0.05, 0.1) is 5.57 Å². The van der Waals surface area contributed by atoms with Gasteiger partial charge in [0.1, 0.15) is 0 Å². The molecule has 2 N–H and O–H groups in total.